The molecular weight excluding hydrogens is 486 g/mol. The zero-order valence-electron chi connectivity index (χ0n) is 20.7. The lowest BCUT2D eigenvalue weighted by atomic mass is 10.0. The van der Waals surface area contributed by atoms with Gasteiger partial charge in [-0.05, 0) is 35.4 Å². The molecule has 0 radical (unpaired) electrons. The summed E-state index contributed by atoms with van der Waals surface area (Å²) in [5.74, 6) is -0.0748. The van der Waals surface area contributed by atoms with Crippen LogP contribution in [0.15, 0.2) is 77.9 Å². The van der Waals surface area contributed by atoms with Crippen LogP contribution >= 0.6 is 0 Å². The van der Waals surface area contributed by atoms with Gasteiger partial charge >= 0.3 is 5.97 Å². The number of aryl methyl sites for hydroxylation is 1. The van der Waals surface area contributed by atoms with E-state index in [2.05, 4.69) is 15.0 Å². The Morgan fingerprint density at radius 1 is 1.03 bits per heavy atom. The van der Waals surface area contributed by atoms with Gasteiger partial charge in [-0.25, -0.2) is 19.7 Å². The van der Waals surface area contributed by atoms with Gasteiger partial charge in [0.25, 0.3) is 5.56 Å². The van der Waals surface area contributed by atoms with Gasteiger partial charge in [-0.1, -0.05) is 37.3 Å². The number of anilines is 2. The highest BCUT2D eigenvalue weighted by molar-refractivity contribution is 5.94. The molecule has 5 rings (SSSR count). The third-order valence-electron chi connectivity index (χ3n) is 5.62. The summed E-state index contributed by atoms with van der Waals surface area (Å²) < 4.78 is 6.94. The zero-order chi connectivity index (χ0) is 27.2. The van der Waals surface area contributed by atoms with Gasteiger partial charge in [-0.3, -0.25) is 9.36 Å². The van der Waals surface area contributed by atoms with Crippen molar-refractivity contribution >= 4 is 28.6 Å². The number of fused-ring (bicyclic) bond motifs is 1. The summed E-state index contributed by atoms with van der Waals surface area (Å²) >= 11 is 0. The Bertz CT molecular complexity index is 1670. The molecule has 0 aliphatic heterocycles. The number of hydrogen-bond acceptors (Lipinski definition) is 9. The van der Waals surface area contributed by atoms with E-state index in [4.69, 9.17) is 26.3 Å². The van der Waals surface area contributed by atoms with Crippen LogP contribution in [0.25, 0.3) is 27.7 Å². The quantitative estimate of drug-likeness (QED) is 0.317. The molecule has 0 saturated carbocycles. The first-order valence-electron chi connectivity index (χ1n) is 11.6. The van der Waals surface area contributed by atoms with Gasteiger partial charge in [0.15, 0.2) is 0 Å². The molecule has 11 heteroatoms. The lowest BCUT2D eigenvalue weighted by Crippen LogP contribution is -2.24. The molecule has 5 N–H and O–H groups in total. The third-order valence-corrected chi connectivity index (χ3v) is 5.62. The molecule has 3 aromatic heterocycles. The number of para-hydroxylation sites is 1. The first-order chi connectivity index (χ1) is 18.3. The molecule has 0 spiro atoms. The van der Waals surface area contributed by atoms with Crippen LogP contribution in [0.3, 0.4) is 0 Å². The number of hydrogen-bond donors (Lipinski definition) is 3. The number of carbonyl (C=O) groups is 1. The Hall–Kier alpha value is -5.32. The Balaban J connectivity index is 0.000000257. The Kier molecular flexibility index (Phi) is 7.57. The highest BCUT2D eigenvalue weighted by Gasteiger charge is 2.16. The van der Waals surface area contributed by atoms with E-state index in [1.54, 1.807) is 17.9 Å². The van der Waals surface area contributed by atoms with Crippen LogP contribution in [-0.4, -0.2) is 42.7 Å². The van der Waals surface area contributed by atoms with E-state index < -0.39 is 5.97 Å². The summed E-state index contributed by atoms with van der Waals surface area (Å²) in [7, 11) is 1.58. The van der Waals surface area contributed by atoms with Crippen LogP contribution in [0.4, 0.5) is 11.8 Å². The minimum Gasteiger partial charge on any atom is -0.481 e. The second-order valence-electron chi connectivity index (χ2n) is 7.98. The Morgan fingerprint density at radius 3 is 2.45 bits per heavy atom. The molecule has 0 amide bonds. The highest BCUT2D eigenvalue weighted by Crippen LogP contribution is 2.28. The van der Waals surface area contributed by atoms with Crippen LogP contribution in [0.2, 0.25) is 0 Å². The standard InChI is InChI=1S/C22H19N3O2.C5H6N4O2/c1-3-19-24-18-11-7-10-17(15-12-13-23-20(14-15)27-2)21(18)22(26)25(19)16-8-5-4-6-9-16;6-3-2(4(10)11)1-8-5(7)9-3/h4-14H,3H2,1-2H3;1H,(H,10,11)(H4,6,7,8,9). The number of aromatic carboxylic acids is 1. The molecule has 192 valence electrons. The Labute approximate surface area is 217 Å². The molecule has 5 aromatic rings. The number of nitrogen functional groups attached to an aromatic ring is 2. The van der Waals surface area contributed by atoms with Gasteiger partial charge in [0, 0.05) is 24.9 Å². The van der Waals surface area contributed by atoms with Crippen LogP contribution in [0.1, 0.15) is 23.1 Å². The van der Waals surface area contributed by atoms with Crippen molar-refractivity contribution in [2.75, 3.05) is 18.6 Å². The van der Waals surface area contributed by atoms with Crippen LogP contribution in [-0.2, 0) is 6.42 Å². The SMILES string of the molecule is CCc1nc2cccc(-c3ccnc(OC)c3)c2c(=O)n1-c1ccccc1.Nc1ncc(C(=O)O)c(N)n1. The van der Waals surface area contributed by atoms with E-state index in [1.807, 2.05) is 67.6 Å². The maximum absolute atomic E-state index is 13.5. The predicted octanol–water partition coefficient (Wildman–Crippen LogP) is 3.36. The Morgan fingerprint density at radius 2 is 1.79 bits per heavy atom. The summed E-state index contributed by atoms with van der Waals surface area (Å²) in [5, 5.41) is 9.05. The molecule has 0 saturated heterocycles. The summed E-state index contributed by atoms with van der Waals surface area (Å²) in [6.07, 6.45) is 3.41. The second-order valence-corrected chi connectivity index (χ2v) is 7.98. The monoisotopic (exact) mass is 511 g/mol. The summed E-state index contributed by atoms with van der Waals surface area (Å²) in [4.78, 5) is 39.7. The number of methoxy groups -OCH3 is 1. The number of carboxylic acid groups (broad SMARTS) is 1. The third kappa shape index (κ3) is 5.26. The van der Waals surface area contributed by atoms with Gasteiger partial charge < -0.3 is 21.3 Å². The number of nitrogens with zero attached hydrogens (tertiary/aromatic N) is 5. The van der Waals surface area contributed by atoms with Crippen LogP contribution in [0, 0.1) is 0 Å². The maximum Gasteiger partial charge on any atom is 0.341 e. The fraction of sp³-hybridized carbons (Fsp3) is 0.111. The number of benzene rings is 2. The lowest BCUT2D eigenvalue weighted by molar-refractivity contribution is 0.0697. The van der Waals surface area contributed by atoms with Crippen molar-refractivity contribution in [3.63, 3.8) is 0 Å². The van der Waals surface area contributed by atoms with Gasteiger partial charge in [-0.2, -0.15) is 4.98 Å². The number of carboxylic acids is 1. The predicted molar refractivity (Wildman–Crippen MR) is 144 cm³/mol. The average molecular weight is 512 g/mol. The summed E-state index contributed by atoms with van der Waals surface area (Å²) in [5.41, 5.74) is 13.3. The van der Waals surface area contributed by atoms with E-state index in [1.165, 1.54) is 0 Å². The van der Waals surface area contributed by atoms with Crippen molar-refractivity contribution in [3.8, 4) is 22.7 Å². The molecule has 0 fully saturated rings. The van der Waals surface area contributed by atoms with Crippen molar-refractivity contribution < 1.29 is 14.6 Å². The number of aromatic nitrogens is 5. The fourth-order valence-electron chi connectivity index (χ4n) is 3.86. The van der Waals surface area contributed by atoms with Gasteiger partial charge in [0.2, 0.25) is 11.8 Å². The number of pyridine rings is 1. The minimum absolute atomic E-state index is 0.0347. The van der Waals surface area contributed by atoms with E-state index in [0.717, 1.165) is 28.8 Å². The van der Waals surface area contributed by atoms with Gasteiger partial charge in [-0.15, -0.1) is 0 Å². The molecule has 11 nitrogen and oxygen atoms in total. The molecule has 0 aliphatic rings. The molecule has 0 aliphatic carbocycles. The molecule has 2 aromatic carbocycles. The van der Waals surface area contributed by atoms with Crippen molar-refractivity contribution in [1.29, 1.82) is 0 Å². The number of nitrogens with two attached hydrogens (primary N) is 2. The maximum atomic E-state index is 13.5. The largest absolute Gasteiger partial charge is 0.481 e. The fourth-order valence-corrected chi connectivity index (χ4v) is 3.86. The van der Waals surface area contributed by atoms with E-state index in [0.29, 0.717) is 23.2 Å². The highest BCUT2D eigenvalue weighted by atomic mass is 16.5. The zero-order valence-corrected chi connectivity index (χ0v) is 20.7. The smallest absolute Gasteiger partial charge is 0.341 e. The average Bonchev–Trinajstić information content (AvgIpc) is 2.93. The van der Waals surface area contributed by atoms with Crippen molar-refractivity contribution in [2.24, 2.45) is 0 Å². The topological polar surface area (TPSA) is 172 Å². The molecule has 0 bridgehead atoms. The summed E-state index contributed by atoms with van der Waals surface area (Å²) in [6.45, 7) is 2.00. The number of rotatable bonds is 5. The van der Waals surface area contributed by atoms with E-state index in [-0.39, 0.29) is 22.9 Å². The molecular formula is C27H25N7O4. The number of ether oxygens (including phenoxy) is 1. The van der Waals surface area contributed by atoms with Crippen molar-refractivity contribution in [3.05, 3.63) is 94.8 Å². The molecule has 0 unspecified atom stereocenters. The second kappa shape index (κ2) is 11.2. The molecule has 0 atom stereocenters. The van der Waals surface area contributed by atoms with Gasteiger partial charge in [0.1, 0.15) is 17.2 Å². The van der Waals surface area contributed by atoms with Crippen LogP contribution < -0.4 is 21.8 Å². The van der Waals surface area contributed by atoms with Crippen molar-refractivity contribution in [2.45, 2.75) is 13.3 Å². The first-order valence-corrected chi connectivity index (χ1v) is 11.6. The normalized spacial score (nSPS) is 10.5. The summed E-state index contributed by atoms with van der Waals surface area (Å²) in [6, 6.07) is 19.1. The lowest BCUT2D eigenvalue weighted by Gasteiger charge is -2.14. The molecule has 38 heavy (non-hydrogen) atoms. The first kappa shape index (κ1) is 25.8. The van der Waals surface area contributed by atoms with E-state index in [9.17, 15) is 9.59 Å². The van der Waals surface area contributed by atoms with Gasteiger partial charge in [0.05, 0.1) is 23.7 Å². The van der Waals surface area contributed by atoms with Crippen LogP contribution in [0.5, 0.6) is 5.88 Å². The van der Waals surface area contributed by atoms with E-state index >= 15 is 0 Å². The van der Waals surface area contributed by atoms with Crippen molar-refractivity contribution in [1.82, 2.24) is 24.5 Å². The molecule has 3 heterocycles. The minimum atomic E-state index is -1.16.